The molecule has 2 N–H and O–H groups in total. The van der Waals surface area contributed by atoms with E-state index < -0.39 is 6.10 Å². The highest BCUT2D eigenvalue weighted by molar-refractivity contribution is 9.10. The van der Waals surface area contributed by atoms with Crippen LogP contribution >= 0.6 is 15.9 Å². The molecule has 2 aromatic rings. The van der Waals surface area contributed by atoms with E-state index in [1.54, 1.807) is 43.3 Å². The SMILES string of the molecule is C[C@@H](Oc1ccc(Br)cc1)C(=O)Nc1ccccc1C(=O)NC[C@@H]1CCCO1. The molecule has 0 unspecified atom stereocenters. The average molecular weight is 447 g/mol. The second-order valence-electron chi connectivity index (χ2n) is 6.59. The molecular formula is C21H23BrN2O4. The Balaban J connectivity index is 1.60. The smallest absolute Gasteiger partial charge is 0.265 e. The predicted molar refractivity (Wildman–Crippen MR) is 111 cm³/mol. The molecule has 1 aliphatic heterocycles. The largest absolute Gasteiger partial charge is 0.481 e. The Hall–Kier alpha value is -2.38. The quantitative estimate of drug-likeness (QED) is 0.678. The minimum atomic E-state index is -0.718. The normalized spacial score (nSPS) is 17.0. The molecule has 1 fully saturated rings. The van der Waals surface area contributed by atoms with Crippen molar-refractivity contribution in [3.05, 3.63) is 58.6 Å². The Bertz CT molecular complexity index is 819. The Kier molecular flexibility index (Phi) is 7.06. The van der Waals surface area contributed by atoms with Crippen molar-refractivity contribution in [3.8, 4) is 5.75 Å². The van der Waals surface area contributed by atoms with Gasteiger partial charge in [-0.25, -0.2) is 0 Å². The second-order valence-corrected chi connectivity index (χ2v) is 7.51. The highest BCUT2D eigenvalue weighted by Crippen LogP contribution is 2.19. The molecule has 1 saturated heterocycles. The third-order valence-corrected chi connectivity index (χ3v) is 4.97. The van der Waals surface area contributed by atoms with Gasteiger partial charge in [0.2, 0.25) is 0 Å². The average Bonchev–Trinajstić information content (AvgIpc) is 3.22. The maximum absolute atomic E-state index is 12.5. The molecule has 2 atom stereocenters. The second kappa shape index (κ2) is 9.71. The van der Waals surface area contributed by atoms with Crippen LogP contribution in [0.2, 0.25) is 0 Å². The van der Waals surface area contributed by atoms with E-state index in [1.165, 1.54) is 0 Å². The molecule has 0 saturated carbocycles. The topological polar surface area (TPSA) is 76.7 Å². The number of hydrogen-bond acceptors (Lipinski definition) is 4. The molecule has 2 amide bonds. The van der Waals surface area contributed by atoms with Crippen molar-refractivity contribution < 1.29 is 19.1 Å². The van der Waals surface area contributed by atoms with Crippen LogP contribution in [0.3, 0.4) is 0 Å². The van der Waals surface area contributed by atoms with Crippen LogP contribution in [-0.4, -0.2) is 37.2 Å². The van der Waals surface area contributed by atoms with Crippen molar-refractivity contribution in [3.63, 3.8) is 0 Å². The van der Waals surface area contributed by atoms with Gasteiger partial charge in [0.25, 0.3) is 11.8 Å². The van der Waals surface area contributed by atoms with Crippen LogP contribution in [0.1, 0.15) is 30.1 Å². The van der Waals surface area contributed by atoms with Crippen LogP contribution in [-0.2, 0) is 9.53 Å². The highest BCUT2D eigenvalue weighted by Gasteiger charge is 2.20. The molecule has 0 radical (unpaired) electrons. The minimum Gasteiger partial charge on any atom is -0.481 e. The zero-order chi connectivity index (χ0) is 19.9. The lowest BCUT2D eigenvalue weighted by atomic mass is 10.1. The zero-order valence-corrected chi connectivity index (χ0v) is 17.2. The molecule has 1 aliphatic rings. The summed E-state index contributed by atoms with van der Waals surface area (Å²) in [5, 5.41) is 5.66. The summed E-state index contributed by atoms with van der Waals surface area (Å²) in [6.07, 6.45) is 1.31. The summed E-state index contributed by atoms with van der Waals surface area (Å²) in [7, 11) is 0. The number of para-hydroxylation sites is 1. The Morgan fingerprint density at radius 2 is 1.96 bits per heavy atom. The summed E-state index contributed by atoms with van der Waals surface area (Å²) in [6, 6.07) is 14.2. The lowest BCUT2D eigenvalue weighted by molar-refractivity contribution is -0.122. The molecule has 0 aromatic heterocycles. The molecular weight excluding hydrogens is 424 g/mol. The molecule has 3 rings (SSSR count). The first-order valence-electron chi connectivity index (χ1n) is 9.25. The number of rotatable bonds is 7. The van der Waals surface area contributed by atoms with Gasteiger partial charge in [0.05, 0.1) is 17.4 Å². The van der Waals surface area contributed by atoms with Crippen LogP contribution in [0.4, 0.5) is 5.69 Å². The number of nitrogens with one attached hydrogen (secondary N) is 2. The first-order chi connectivity index (χ1) is 13.5. The number of benzene rings is 2. The van der Waals surface area contributed by atoms with Gasteiger partial charge in [0, 0.05) is 17.6 Å². The van der Waals surface area contributed by atoms with Gasteiger partial charge in [0.15, 0.2) is 6.10 Å². The number of amides is 2. The summed E-state index contributed by atoms with van der Waals surface area (Å²) in [5.41, 5.74) is 0.855. The fraction of sp³-hybridized carbons (Fsp3) is 0.333. The lowest BCUT2D eigenvalue weighted by Gasteiger charge is -2.17. The van der Waals surface area contributed by atoms with E-state index >= 15 is 0 Å². The van der Waals surface area contributed by atoms with E-state index in [-0.39, 0.29) is 17.9 Å². The molecule has 0 bridgehead atoms. The lowest BCUT2D eigenvalue weighted by Crippen LogP contribution is -2.34. The van der Waals surface area contributed by atoms with Gasteiger partial charge >= 0.3 is 0 Å². The van der Waals surface area contributed by atoms with Crippen molar-refractivity contribution >= 4 is 33.4 Å². The summed E-state index contributed by atoms with van der Waals surface area (Å²) in [4.78, 5) is 25.1. The van der Waals surface area contributed by atoms with Crippen LogP contribution in [0.5, 0.6) is 5.75 Å². The third-order valence-electron chi connectivity index (χ3n) is 4.44. The van der Waals surface area contributed by atoms with Crippen molar-refractivity contribution in [2.75, 3.05) is 18.5 Å². The fourth-order valence-electron chi connectivity index (χ4n) is 2.90. The summed E-state index contributed by atoms with van der Waals surface area (Å²) >= 11 is 3.36. The maximum atomic E-state index is 12.5. The first kappa shape index (κ1) is 20.4. The number of ether oxygens (including phenoxy) is 2. The number of hydrogen-bond donors (Lipinski definition) is 2. The Morgan fingerprint density at radius 1 is 1.21 bits per heavy atom. The summed E-state index contributed by atoms with van der Waals surface area (Å²) < 4.78 is 12.1. The van der Waals surface area contributed by atoms with Gasteiger partial charge in [-0.2, -0.15) is 0 Å². The van der Waals surface area contributed by atoms with Gasteiger partial charge in [-0.1, -0.05) is 28.1 Å². The van der Waals surface area contributed by atoms with E-state index in [2.05, 4.69) is 26.6 Å². The molecule has 28 heavy (non-hydrogen) atoms. The van der Waals surface area contributed by atoms with Crippen molar-refractivity contribution in [2.24, 2.45) is 0 Å². The van der Waals surface area contributed by atoms with Crippen LogP contribution in [0.15, 0.2) is 53.0 Å². The zero-order valence-electron chi connectivity index (χ0n) is 15.6. The minimum absolute atomic E-state index is 0.0602. The predicted octanol–water partition coefficient (Wildman–Crippen LogP) is 3.76. The summed E-state index contributed by atoms with van der Waals surface area (Å²) in [6.45, 7) is 2.87. The van der Waals surface area contributed by atoms with Crippen molar-refractivity contribution in [1.29, 1.82) is 0 Å². The standard InChI is InChI=1S/C21H23BrN2O4/c1-14(28-16-10-8-15(22)9-11-16)20(25)24-19-7-3-2-6-18(19)21(26)23-13-17-5-4-12-27-17/h2-3,6-11,14,17H,4-5,12-13H2,1H3,(H,23,26)(H,24,25)/t14-,17+/m1/s1. The molecule has 6 nitrogen and oxygen atoms in total. The van der Waals surface area contributed by atoms with Crippen molar-refractivity contribution in [2.45, 2.75) is 32.0 Å². The maximum Gasteiger partial charge on any atom is 0.265 e. The van der Waals surface area contributed by atoms with Gasteiger partial charge < -0.3 is 20.1 Å². The monoisotopic (exact) mass is 446 g/mol. The molecule has 2 aromatic carbocycles. The van der Waals surface area contributed by atoms with E-state index in [0.29, 0.717) is 23.5 Å². The number of halogens is 1. The van der Waals surface area contributed by atoms with Crippen LogP contribution in [0, 0.1) is 0 Å². The fourth-order valence-corrected chi connectivity index (χ4v) is 3.17. The molecule has 0 spiro atoms. The van der Waals surface area contributed by atoms with Gasteiger partial charge in [-0.3, -0.25) is 9.59 Å². The molecule has 7 heteroatoms. The highest BCUT2D eigenvalue weighted by atomic mass is 79.9. The molecule has 148 valence electrons. The number of carbonyl (C=O) groups is 2. The Morgan fingerprint density at radius 3 is 2.68 bits per heavy atom. The van der Waals surface area contributed by atoms with Gasteiger partial charge in [-0.05, 0) is 56.2 Å². The van der Waals surface area contributed by atoms with Crippen LogP contribution in [0.25, 0.3) is 0 Å². The van der Waals surface area contributed by atoms with Gasteiger partial charge in [-0.15, -0.1) is 0 Å². The van der Waals surface area contributed by atoms with E-state index in [1.807, 2.05) is 12.1 Å². The molecule has 0 aliphatic carbocycles. The van der Waals surface area contributed by atoms with Crippen molar-refractivity contribution in [1.82, 2.24) is 5.32 Å². The first-order valence-corrected chi connectivity index (χ1v) is 10.0. The third kappa shape index (κ3) is 5.56. The Labute approximate surface area is 172 Å². The summed E-state index contributed by atoms with van der Waals surface area (Å²) in [5.74, 6) is 0.0172. The number of anilines is 1. The van der Waals surface area contributed by atoms with E-state index in [4.69, 9.17) is 9.47 Å². The van der Waals surface area contributed by atoms with Gasteiger partial charge in [0.1, 0.15) is 5.75 Å². The molecule has 1 heterocycles. The number of carbonyl (C=O) groups excluding carboxylic acids is 2. The van der Waals surface area contributed by atoms with E-state index in [0.717, 1.165) is 23.9 Å². The van der Waals surface area contributed by atoms with Crippen LogP contribution < -0.4 is 15.4 Å². The van der Waals surface area contributed by atoms with E-state index in [9.17, 15) is 9.59 Å².